The van der Waals surface area contributed by atoms with Crippen molar-refractivity contribution in [2.45, 2.75) is 57.0 Å². The molecule has 1 saturated carbocycles. The molecule has 6 nitrogen and oxygen atoms in total. The number of likely N-dealkylation sites (tertiary alicyclic amines) is 1. The largest absolute Gasteiger partial charge is 0.379 e. The van der Waals surface area contributed by atoms with E-state index in [2.05, 4.69) is 5.32 Å². The van der Waals surface area contributed by atoms with Gasteiger partial charge in [0.25, 0.3) is 5.91 Å². The molecule has 0 bridgehead atoms. The second-order valence-corrected chi connectivity index (χ2v) is 7.57. The smallest absolute Gasteiger partial charge is 0.255 e. The van der Waals surface area contributed by atoms with Crippen molar-refractivity contribution in [3.63, 3.8) is 0 Å². The van der Waals surface area contributed by atoms with E-state index in [-0.39, 0.29) is 24.9 Å². The molecule has 2 amide bonds. The van der Waals surface area contributed by atoms with Crippen molar-refractivity contribution in [2.75, 3.05) is 40.3 Å². The van der Waals surface area contributed by atoms with Gasteiger partial charge in [-0.05, 0) is 32.2 Å². The van der Waals surface area contributed by atoms with Gasteiger partial charge in [-0.15, -0.1) is 0 Å². The van der Waals surface area contributed by atoms with Gasteiger partial charge >= 0.3 is 0 Å². The average Bonchev–Trinajstić information content (AvgIpc) is 2.57. The monoisotopic (exact) mass is 339 g/mol. The zero-order valence-corrected chi connectivity index (χ0v) is 15.2. The van der Waals surface area contributed by atoms with Crippen LogP contribution < -0.4 is 5.32 Å². The van der Waals surface area contributed by atoms with Crippen molar-refractivity contribution >= 4 is 11.8 Å². The minimum Gasteiger partial charge on any atom is -0.379 e. The summed E-state index contributed by atoms with van der Waals surface area (Å²) in [6, 6.07) is 0. The molecular formula is C18H33N3O3. The lowest BCUT2D eigenvalue weighted by atomic mass is 9.86. The molecule has 2 rings (SSSR count). The van der Waals surface area contributed by atoms with Crippen LogP contribution in [0.3, 0.4) is 0 Å². The Morgan fingerprint density at radius 3 is 2.71 bits per heavy atom. The van der Waals surface area contributed by atoms with Crippen molar-refractivity contribution in [1.82, 2.24) is 15.1 Å². The van der Waals surface area contributed by atoms with Gasteiger partial charge in [0.05, 0.1) is 6.54 Å². The van der Waals surface area contributed by atoms with Crippen LogP contribution in [0.15, 0.2) is 0 Å². The average molecular weight is 339 g/mol. The SMILES string of the molecule is CNC(=O)CN(C)C[C@]1(O)CCCN(CCC2CCCCC2)C1=O. The summed E-state index contributed by atoms with van der Waals surface area (Å²) in [7, 11) is 3.35. The fourth-order valence-corrected chi connectivity index (χ4v) is 4.07. The Bertz CT molecular complexity index is 437. The van der Waals surface area contributed by atoms with Crippen molar-refractivity contribution in [3.8, 4) is 0 Å². The summed E-state index contributed by atoms with van der Waals surface area (Å²) in [4.78, 5) is 27.8. The lowest BCUT2D eigenvalue weighted by Crippen LogP contribution is -2.59. The molecule has 138 valence electrons. The summed E-state index contributed by atoms with van der Waals surface area (Å²) < 4.78 is 0. The molecule has 2 fully saturated rings. The Balaban J connectivity index is 1.86. The molecule has 1 aliphatic heterocycles. The summed E-state index contributed by atoms with van der Waals surface area (Å²) in [5.41, 5.74) is -1.35. The van der Waals surface area contributed by atoms with Gasteiger partial charge in [0.2, 0.25) is 5.91 Å². The first-order valence-electron chi connectivity index (χ1n) is 9.35. The maximum atomic E-state index is 12.8. The molecule has 24 heavy (non-hydrogen) atoms. The molecule has 0 aromatic heterocycles. The van der Waals surface area contributed by atoms with Crippen molar-refractivity contribution in [3.05, 3.63) is 0 Å². The first-order chi connectivity index (χ1) is 11.4. The van der Waals surface area contributed by atoms with E-state index < -0.39 is 5.60 Å². The van der Waals surface area contributed by atoms with Gasteiger partial charge in [-0.3, -0.25) is 14.5 Å². The molecule has 1 atom stereocenters. The Labute approximate surface area is 145 Å². The highest BCUT2D eigenvalue weighted by Gasteiger charge is 2.42. The lowest BCUT2D eigenvalue weighted by molar-refractivity contribution is -0.159. The number of piperidine rings is 1. The molecule has 0 aromatic rings. The summed E-state index contributed by atoms with van der Waals surface area (Å²) >= 11 is 0. The second kappa shape index (κ2) is 8.81. The summed E-state index contributed by atoms with van der Waals surface area (Å²) in [6.45, 7) is 1.89. The highest BCUT2D eigenvalue weighted by Crippen LogP contribution is 2.28. The number of carbonyl (C=O) groups is 2. The fraction of sp³-hybridized carbons (Fsp3) is 0.889. The normalized spacial score (nSPS) is 26.0. The number of likely N-dealkylation sites (N-methyl/N-ethyl adjacent to an activating group) is 2. The van der Waals surface area contributed by atoms with Crippen molar-refractivity contribution in [1.29, 1.82) is 0 Å². The summed E-state index contributed by atoms with van der Waals surface area (Å²) in [5.74, 6) is 0.462. The standard InChI is InChI=1S/C18H33N3O3/c1-19-16(22)13-20(2)14-18(24)10-6-11-21(17(18)23)12-9-15-7-4-3-5-8-15/h15,24H,3-14H2,1-2H3,(H,19,22)/t18-/m1/s1. The highest BCUT2D eigenvalue weighted by atomic mass is 16.3. The molecule has 6 heteroatoms. The number of nitrogens with zero attached hydrogens (tertiary/aromatic N) is 2. The molecule has 2 aliphatic rings. The van der Waals surface area contributed by atoms with Crippen LogP contribution in [0.4, 0.5) is 0 Å². The number of nitrogens with one attached hydrogen (secondary N) is 1. The fourth-order valence-electron chi connectivity index (χ4n) is 4.07. The number of carbonyl (C=O) groups excluding carboxylic acids is 2. The molecule has 0 aromatic carbocycles. The first-order valence-corrected chi connectivity index (χ1v) is 9.35. The van der Waals surface area contributed by atoms with Crippen LogP contribution in [0.2, 0.25) is 0 Å². The molecular weight excluding hydrogens is 306 g/mol. The molecule has 0 unspecified atom stereocenters. The van der Waals surface area contributed by atoms with Crippen molar-refractivity contribution in [2.24, 2.45) is 5.92 Å². The second-order valence-electron chi connectivity index (χ2n) is 7.57. The topological polar surface area (TPSA) is 72.9 Å². The van der Waals surface area contributed by atoms with Crippen LogP contribution in [-0.2, 0) is 9.59 Å². The predicted octanol–water partition coefficient (Wildman–Crippen LogP) is 0.988. The molecule has 1 heterocycles. The van der Waals surface area contributed by atoms with Gasteiger partial charge in [-0.2, -0.15) is 0 Å². The number of hydrogen-bond donors (Lipinski definition) is 2. The van der Waals surface area contributed by atoms with Gasteiger partial charge in [-0.25, -0.2) is 0 Å². The predicted molar refractivity (Wildman–Crippen MR) is 93.5 cm³/mol. The maximum Gasteiger partial charge on any atom is 0.255 e. The Hall–Kier alpha value is -1.14. The number of amides is 2. The van der Waals surface area contributed by atoms with E-state index in [1.165, 1.54) is 32.1 Å². The quantitative estimate of drug-likeness (QED) is 0.725. The minimum absolute atomic E-state index is 0.112. The molecule has 2 N–H and O–H groups in total. The van der Waals surface area contributed by atoms with E-state index in [0.29, 0.717) is 6.42 Å². The number of hydrogen-bond acceptors (Lipinski definition) is 4. The molecule has 1 aliphatic carbocycles. The van der Waals surface area contributed by atoms with Gasteiger partial charge in [0.1, 0.15) is 0 Å². The highest BCUT2D eigenvalue weighted by molar-refractivity contribution is 5.86. The third-order valence-corrected chi connectivity index (χ3v) is 5.46. The number of aliphatic hydroxyl groups is 1. The van der Waals surface area contributed by atoms with E-state index in [1.54, 1.807) is 19.0 Å². The van der Waals surface area contributed by atoms with Crippen LogP contribution in [0, 0.1) is 5.92 Å². The van der Waals surface area contributed by atoms with Gasteiger partial charge in [0, 0.05) is 26.7 Å². The van der Waals surface area contributed by atoms with Crippen molar-refractivity contribution < 1.29 is 14.7 Å². The molecule has 0 spiro atoms. The summed E-state index contributed by atoms with van der Waals surface area (Å²) in [5, 5.41) is 13.4. The van der Waals surface area contributed by atoms with Crippen LogP contribution in [0.5, 0.6) is 0 Å². The third-order valence-electron chi connectivity index (χ3n) is 5.46. The number of rotatable bonds is 7. The van der Waals surface area contributed by atoms with E-state index in [1.807, 2.05) is 4.90 Å². The first kappa shape index (κ1) is 19.2. The van der Waals surface area contributed by atoms with Crippen LogP contribution in [0.1, 0.15) is 51.4 Å². The molecule has 0 radical (unpaired) electrons. The van der Waals surface area contributed by atoms with E-state index in [0.717, 1.165) is 31.8 Å². The zero-order valence-electron chi connectivity index (χ0n) is 15.2. The Morgan fingerprint density at radius 1 is 1.33 bits per heavy atom. The maximum absolute atomic E-state index is 12.8. The third kappa shape index (κ3) is 5.18. The van der Waals surface area contributed by atoms with E-state index >= 15 is 0 Å². The van der Waals surface area contributed by atoms with E-state index in [9.17, 15) is 14.7 Å². The minimum atomic E-state index is -1.35. The zero-order chi connectivity index (χ0) is 17.6. The summed E-state index contributed by atoms with van der Waals surface area (Å²) in [6.07, 6.45) is 8.87. The Morgan fingerprint density at radius 2 is 2.04 bits per heavy atom. The molecule has 1 saturated heterocycles. The Kier molecular flexibility index (Phi) is 7.04. The van der Waals surface area contributed by atoms with Gasteiger partial charge in [-0.1, -0.05) is 32.1 Å². The van der Waals surface area contributed by atoms with Crippen LogP contribution in [0.25, 0.3) is 0 Å². The lowest BCUT2D eigenvalue weighted by Gasteiger charge is -2.40. The van der Waals surface area contributed by atoms with Crippen LogP contribution >= 0.6 is 0 Å². The van der Waals surface area contributed by atoms with Gasteiger partial charge < -0.3 is 15.3 Å². The van der Waals surface area contributed by atoms with E-state index in [4.69, 9.17) is 0 Å². The van der Waals surface area contributed by atoms with Crippen LogP contribution in [-0.4, -0.2) is 72.6 Å². The van der Waals surface area contributed by atoms with Gasteiger partial charge in [0.15, 0.2) is 5.60 Å².